The van der Waals surface area contributed by atoms with Gasteiger partial charge in [0.05, 0.1) is 6.61 Å². The molecule has 0 saturated heterocycles. The number of nitrogens with one attached hydrogen (secondary N) is 1. The van der Waals surface area contributed by atoms with Crippen LogP contribution in [0.25, 0.3) is 0 Å². The standard InChI is InChI=1S/C16H23ClFNO3/c1-15(2,3)22-14(21)19-9-16(4,10-20)8-11-7-12(18)5-6-13(11)17/h5-7,20H,8-10H2,1-4H3,(H,19,21). The molecule has 1 aromatic carbocycles. The molecule has 0 aliphatic carbocycles. The first-order valence-electron chi connectivity index (χ1n) is 7.06. The van der Waals surface area contributed by atoms with Crippen molar-refractivity contribution in [3.05, 3.63) is 34.6 Å². The van der Waals surface area contributed by atoms with Gasteiger partial charge in [0.2, 0.25) is 0 Å². The van der Waals surface area contributed by atoms with Crippen molar-refractivity contribution < 1.29 is 19.0 Å². The predicted octanol–water partition coefficient (Wildman–Crippen LogP) is 3.54. The first kappa shape index (κ1) is 18.7. The zero-order valence-corrected chi connectivity index (χ0v) is 14.1. The highest BCUT2D eigenvalue weighted by Gasteiger charge is 2.27. The van der Waals surface area contributed by atoms with Gasteiger partial charge in [-0.1, -0.05) is 18.5 Å². The summed E-state index contributed by atoms with van der Waals surface area (Å²) in [6, 6.07) is 4.09. The van der Waals surface area contributed by atoms with Crippen LogP contribution in [0.4, 0.5) is 9.18 Å². The first-order valence-corrected chi connectivity index (χ1v) is 7.44. The molecule has 0 aromatic heterocycles. The number of benzene rings is 1. The van der Waals surface area contributed by atoms with Crippen LogP contribution in [0.5, 0.6) is 0 Å². The van der Waals surface area contributed by atoms with Crippen LogP contribution >= 0.6 is 11.6 Å². The van der Waals surface area contributed by atoms with Gasteiger partial charge in [-0.2, -0.15) is 0 Å². The van der Waals surface area contributed by atoms with Crippen molar-refractivity contribution in [2.45, 2.75) is 39.7 Å². The van der Waals surface area contributed by atoms with Gasteiger partial charge in [-0.25, -0.2) is 9.18 Å². The van der Waals surface area contributed by atoms with E-state index in [1.165, 1.54) is 18.2 Å². The molecular weight excluding hydrogens is 309 g/mol. The number of aliphatic hydroxyl groups is 1. The molecule has 1 atom stereocenters. The molecule has 0 spiro atoms. The fourth-order valence-corrected chi connectivity index (χ4v) is 2.10. The molecule has 2 N–H and O–H groups in total. The number of alkyl carbamates (subject to hydrolysis) is 1. The van der Waals surface area contributed by atoms with Crippen molar-refractivity contribution in [3.8, 4) is 0 Å². The Kier molecular flexibility index (Phi) is 6.20. The maximum atomic E-state index is 13.3. The Hall–Kier alpha value is -1.33. The minimum absolute atomic E-state index is 0.185. The topological polar surface area (TPSA) is 58.6 Å². The minimum atomic E-state index is -0.672. The summed E-state index contributed by atoms with van der Waals surface area (Å²) in [5.74, 6) is -0.389. The van der Waals surface area contributed by atoms with Crippen LogP contribution in [0.1, 0.15) is 33.3 Å². The van der Waals surface area contributed by atoms with Gasteiger partial charge in [-0.3, -0.25) is 0 Å². The number of carbonyl (C=O) groups is 1. The van der Waals surface area contributed by atoms with E-state index in [-0.39, 0.29) is 19.0 Å². The van der Waals surface area contributed by atoms with E-state index in [9.17, 15) is 14.3 Å². The highest BCUT2D eigenvalue weighted by atomic mass is 35.5. The van der Waals surface area contributed by atoms with Crippen LogP contribution in [0.2, 0.25) is 5.02 Å². The van der Waals surface area contributed by atoms with Gasteiger partial charge < -0.3 is 15.2 Å². The second-order valence-electron chi connectivity index (χ2n) is 6.74. The molecule has 22 heavy (non-hydrogen) atoms. The van der Waals surface area contributed by atoms with Gasteiger partial charge in [-0.15, -0.1) is 0 Å². The lowest BCUT2D eigenvalue weighted by molar-refractivity contribution is 0.0478. The van der Waals surface area contributed by atoms with Crippen LogP contribution in [-0.2, 0) is 11.2 Å². The van der Waals surface area contributed by atoms with Crippen molar-refractivity contribution in [2.24, 2.45) is 5.41 Å². The molecular formula is C16H23ClFNO3. The Morgan fingerprint density at radius 2 is 2.00 bits per heavy atom. The van der Waals surface area contributed by atoms with E-state index in [0.29, 0.717) is 17.0 Å². The Balaban J connectivity index is 2.72. The number of aliphatic hydroxyl groups excluding tert-OH is 1. The van der Waals surface area contributed by atoms with Crippen LogP contribution in [-0.4, -0.2) is 30.0 Å². The summed E-state index contributed by atoms with van der Waals surface area (Å²) < 4.78 is 18.5. The van der Waals surface area contributed by atoms with E-state index < -0.39 is 17.1 Å². The molecule has 1 aromatic rings. The van der Waals surface area contributed by atoms with Gasteiger partial charge in [0, 0.05) is 17.0 Å². The van der Waals surface area contributed by atoms with E-state index in [1.54, 1.807) is 27.7 Å². The van der Waals surface area contributed by atoms with E-state index in [4.69, 9.17) is 16.3 Å². The number of hydrogen-bond acceptors (Lipinski definition) is 3. The number of ether oxygens (including phenoxy) is 1. The fraction of sp³-hybridized carbons (Fsp3) is 0.562. The van der Waals surface area contributed by atoms with E-state index in [1.807, 2.05) is 0 Å². The number of hydrogen-bond donors (Lipinski definition) is 2. The lowest BCUT2D eigenvalue weighted by Gasteiger charge is -2.29. The molecule has 4 nitrogen and oxygen atoms in total. The summed E-state index contributed by atoms with van der Waals surface area (Å²) >= 11 is 6.05. The minimum Gasteiger partial charge on any atom is -0.444 e. The second kappa shape index (κ2) is 7.29. The third kappa shape index (κ3) is 6.20. The Morgan fingerprint density at radius 1 is 1.36 bits per heavy atom. The number of carbonyl (C=O) groups excluding carboxylic acids is 1. The zero-order valence-electron chi connectivity index (χ0n) is 13.4. The normalized spacial score (nSPS) is 14.3. The Bertz CT molecular complexity index is 531. The molecule has 0 aliphatic rings. The van der Waals surface area contributed by atoms with Crippen molar-refractivity contribution in [1.29, 1.82) is 0 Å². The monoisotopic (exact) mass is 331 g/mol. The Morgan fingerprint density at radius 3 is 2.55 bits per heavy atom. The molecule has 1 rings (SSSR count). The van der Waals surface area contributed by atoms with Crippen molar-refractivity contribution in [1.82, 2.24) is 5.32 Å². The molecule has 1 amide bonds. The van der Waals surface area contributed by atoms with Crippen LogP contribution < -0.4 is 5.32 Å². The lowest BCUT2D eigenvalue weighted by atomic mass is 9.84. The van der Waals surface area contributed by atoms with E-state index >= 15 is 0 Å². The quantitative estimate of drug-likeness (QED) is 0.867. The van der Waals surface area contributed by atoms with Gasteiger partial charge in [0.25, 0.3) is 0 Å². The van der Waals surface area contributed by atoms with Gasteiger partial charge in [-0.05, 0) is 51.0 Å². The summed E-state index contributed by atoms with van der Waals surface area (Å²) in [5, 5.41) is 12.7. The molecule has 0 saturated carbocycles. The third-order valence-electron chi connectivity index (χ3n) is 3.07. The predicted molar refractivity (Wildman–Crippen MR) is 84.5 cm³/mol. The lowest BCUT2D eigenvalue weighted by Crippen LogP contribution is -2.41. The van der Waals surface area contributed by atoms with E-state index in [0.717, 1.165) is 0 Å². The van der Waals surface area contributed by atoms with Crippen LogP contribution in [0.15, 0.2) is 18.2 Å². The summed E-state index contributed by atoms with van der Waals surface area (Å²) in [6.45, 7) is 7.09. The molecule has 6 heteroatoms. The molecule has 0 bridgehead atoms. The fourth-order valence-electron chi connectivity index (χ4n) is 1.91. The molecule has 0 aliphatic heterocycles. The first-order chi connectivity index (χ1) is 10.0. The molecule has 0 fully saturated rings. The summed E-state index contributed by atoms with van der Waals surface area (Å²) in [4.78, 5) is 11.7. The molecule has 0 heterocycles. The van der Waals surface area contributed by atoms with Gasteiger partial charge in [0.15, 0.2) is 0 Å². The Labute approximate surface area is 135 Å². The molecule has 1 unspecified atom stereocenters. The third-order valence-corrected chi connectivity index (χ3v) is 3.43. The summed E-state index contributed by atoms with van der Waals surface area (Å²) in [5.41, 5.74) is -0.677. The smallest absolute Gasteiger partial charge is 0.407 e. The van der Waals surface area contributed by atoms with E-state index in [2.05, 4.69) is 5.32 Å². The zero-order chi connectivity index (χ0) is 17.0. The average molecular weight is 332 g/mol. The van der Waals surface area contributed by atoms with Gasteiger partial charge in [0.1, 0.15) is 11.4 Å². The largest absolute Gasteiger partial charge is 0.444 e. The molecule has 0 radical (unpaired) electrons. The number of rotatable bonds is 5. The van der Waals surface area contributed by atoms with Gasteiger partial charge >= 0.3 is 6.09 Å². The highest BCUT2D eigenvalue weighted by Crippen LogP contribution is 2.27. The molecule has 124 valence electrons. The SMILES string of the molecule is CC(CO)(CNC(=O)OC(C)(C)C)Cc1cc(F)ccc1Cl. The number of amides is 1. The second-order valence-corrected chi connectivity index (χ2v) is 7.14. The maximum absolute atomic E-state index is 13.3. The van der Waals surface area contributed by atoms with Crippen LogP contribution in [0.3, 0.4) is 0 Å². The summed E-state index contributed by atoms with van der Waals surface area (Å²) in [7, 11) is 0. The number of halogens is 2. The highest BCUT2D eigenvalue weighted by molar-refractivity contribution is 6.31. The van der Waals surface area contributed by atoms with Crippen molar-refractivity contribution in [2.75, 3.05) is 13.2 Å². The van der Waals surface area contributed by atoms with Crippen LogP contribution in [0, 0.1) is 11.2 Å². The summed E-state index contributed by atoms with van der Waals surface area (Å²) in [6.07, 6.45) is -0.229. The van der Waals surface area contributed by atoms with Crippen molar-refractivity contribution >= 4 is 17.7 Å². The average Bonchev–Trinajstić information content (AvgIpc) is 2.39. The van der Waals surface area contributed by atoms with Crippen molar-refractivity contribution in [3.63, 3.8) is 0 Å². The maximum Gasteiger partial charge on any atom is 0.407 e.